The molecule has 1 amide bonds. The van der Waals surface area contributed by atoms with Crippen LogP contribution in [-0.2, 0) is 19.6 Å². The predicted molar refractivity (Wildman–Crippen MR) is 127 cm³/mol. The van der Waals surface area contributed by atoms with Gasteiger partial charge in [0.05, 0.1) is 38.7 Å². The van der Waals surface area contributed by atoms with Crippen LogP contribution in [-0.4, -0.2) is 64.8 Å². The van der Waals surface area contributed by atoms with Crippen LogP contribution < -0.4 is 14.8 Å². The highest BCUT2D eigenvalue weighted by Crippen LogP contribution is 2.39. The lowest BCUT2D eigenvalue weighted by Gasteiger charge is -2.30. The van der Waals surface area contributed by atoms with E-state index in [4.69, 9.17) is 14.2 Å². The number of methoxy groups -OCH3 is 2. The summed E-state index contributed by atoms with van der Waals surface area (Å²) in [4.78, 5) is 26.6. The minimum atomic E-state index is -3.38. The summed E-state index contributed by atoms with van der Waals surface area (Å²) in [6.07, 6.45) is 2.30. The van der Waals surface area contributed by atoms with E-state index < -0.39 is 21.9 Å². The molecule has 3 rings (SSSR count). The fourth-order valence-corrected chi connectivity index (χ4v) is 5.57. The molecule has 11 heteroatoms. The number of hydrogen-bond acceptors (Lipinski definition) is 8. The second-order valence-corrected chi connectivity index (χ2v) is 10.6. The quantitative estimate of drug-likeness (QED) is 0.559. The van der Waals surface area contributed by atoms with Crippen molar-refractivity contribution in [1.82, 2.24) is 4.31 Å². The predicted octanol–water partition coefficient (Wildman–Crippen LogP) is 3.22. The Morgan fingerprint density at radius 3 is 2.55 bits per heavy atom. The largest absolute Gasteiger partial charge is 0.493 e. The van der Waals surface area contributed by atoms with Crippen LogP contribution in [0.1, 0.15) is 29.4 Å². The molecule has 0 spiro atoms. The van der Waals surface area contributed by atoms with Crippen LogP contribution in [0.3, 0.4) is 0 Å². The van der Waals surface area contributed by atoms with Gasteiger partial charge < -0.3 is 19.5 Å². The van der Waals surface area contributed by atoms with E-state index in [1.807, 2.05) is 6.07 Å². The Balaban J connectivity index is 1.90. The first-order valence-corrected chi connectivity index (χ1v) is 13.1. The van der Waals surface area contributed by atoms with Gasteiger partial charge in [0.15, 0.2) is 11.5 Å². The van der Waals surface area contributed by atoms with Crippen LogP contribution in [0.4, 0.5) is 5.69 Å². The van der Waals surface area contributed by atoms with Gasteiger partial charge in [-0.1, -0.05) is 0 Å². The molecule has 1 saturated heterocycles. The summed E-state index contributed by atoms with van der Waals surface area (Å²) in [7, 11) is -0.295. The molecule has 9 nitrogen and oxygen atoms in total. The van der Waals surface area contributed by atoms with Crippen LogP contribution in [0, 0.1) is 5.92 Å². The van der Waals surface area contributed by atoms with Gasteiger partial charge in [-0.2, -0.15) is 0 Å². The third-order valence-corrected chi connectivity index (χ3v) is 7.78. The molecule has 0 radical (unpaired) electrons. The number of esters is 1. The van der Waals surface area contributed by atoms with Crippen molar-refractivity contribution < 1.29 is 32.2 Å². The van der Waals surface area contributed by atoms with E-state index in [1.54, 1.807) is 32.2 Å². The highest BCUT2D eigenvalue weighted by Gasteiger charge is 2.31. The summed E-state index contributed by atoms with van der Waals surface area (Å²) in [5, 5.41) is 2.83. The van der Waals surface area contributed by atoms with E-state index in [1.165, 1.54) is 22.8 Å². The van der Waals surface area contributed by atoms with Crippen LogP contribution >= 0.6 is 11.3 Å². The third-order valence-electron chi connectivity index (χ3n) is 5.34. The van der Waals surface area contributed by atoms with E-state index in [9.17, 15) is 18.0 Å². The fourth-order valence-electron chi connectivity index (χ4n) is 3.66. The summed E-state index contributed by atoms with van der Waals surface area (Å²) in [6.45, 7) is 2.42. The summed E-state index contributed by atoms with van der Waals surface area (Å²) in [5.41, 5.74) is 1.12. The lowest BCUT2D eigenvalue weighted by Crippen LogP contribution is -2.43. The fraction of sp³-hybridized carbons (Fsp3) is 0.455. The van der Waals surface area contributed by atoms with Gasteiger partial charge in [0, 0.05) is 18.0 Å². The van der Waals surface area contributed by atoms with Crippen molar-refractivity contribution in [1.29, 1.82) is 0 Å². The molecule has 1 atom stereocenters. The zero-order chi connectivity index (χ0) is 24.2. The van der Waals surface area contributed by atoms with Gasteiger partial charge in [0.1, 0.15) is 4.88 Å². The topological polar surface area (TPSA) is 111 Å². The molecule has 1 aromatic heterocycles. The Kier molecular flexibility index (Phi) is 7.98. The minimum absolute atomic E-state index is 0.117. The maximum atomic E-state index is 13.0. The lowest BCUT2D eigenvalue weighted by molar-refractivity contribution is -0.120. The number of carbonyl (C=O) groups is 2. The maximum Gasteiger partial charge on any atom is 0.350 e. The second-order valence-electron chi connectivity index (χ2n) is 7.59. The summed E-state index contributed by atoms with van der Waals surface area (Å²) in [6, 6.07) is 7.10. The Morgan fingerprint density at radius 1 is 1.18 bits per heavy atom. The molecule has 1 aromatic carbocycles. The van der Waals surface area contributed by atoms with Gasteiger partial charge in [-0.25, -0.2) is 17.5 Å². The molecule has 33 heavy (non-hydrogen) atoms. The Labute approximate surface area is 197 Å². The normalized spacial score (nSPS) is 16.8. The summed E-state index contributed by atoms with van der Waals surface area (Å²) < 4.78 is 40.9. The van der Waals surface area contributed by atoms with E-state index in [0.29, 0.717) is 36.6 Å². The van der Waals surface area contributed by atoms with Crippen molar-refractivity contribution in [3.8, 4) is 21.9 Å². The maximum absolute atomic E-state index is 13.0. The molecule has 0 aliphatic carbocycles. The average molecular weight is 497 g/mol. The van der Waals surface area contributed by atoms with Gasteiger partial charge >= 0.3 is 5.97 Å². The lowest BCUT2D eigenvalue weighted by atomic mass is 9.98. The first-order valence-electron chi connectivity index (χ1n) is 10.5. The summed E-state index contributed by atoms with van der Waals surface area (Å²) >= 11 is 1.19. The minimum Gasteiger partial charge on any atom is -0.493 e. The molecular weight excluding hydrogens is 468 g/mol. The van der Waals surface area contributed by atoms with Crippen LogP contribution in [0.15, 0.2) is 24.3 Å². The molecule has 1 aliphatic rings. The van der Waals surface area contributed by atoms with Gasteiger partial charge in [-0.3, -0.25) is 4.79 Å². The number of rotatable bonds is 8. The zero-order valence-corrected chi connectivity index (χ0v) is 20.7. The molecule has 1 N–H and O–H groups in total. The highest BCUT2D eigenvalue weighted by atomic mass is 32.2. The van der Waals surface area contributed by atoms with Crippen LogP contribution in [0.5, 0.6) is 11.5 Å². The molecule has 1 aliphatic heterocycles. The van der Waals surface area contributed by atoms with Crippen molar-refractivity contribution in [2.24, 2.45) is 5.92 Å². The van der Waals surface area contributed by atoms with Crippen molar-refractivity contribution >= 4 is 38.9 Å². The van der Waals surface area contributed by atoms with E-state index in [0.717, 1.165) is 16.7 Å². The number of benzene rings is 1. The average Bonchev–Trinajstić information content (AvgIpc) is 3.22. The molecule has 0 bridgehead atoms. The highest BCUT2D eigenvalue weighted by molar-refractivity contribution is 7.88. The van der Waals surface area contributed by atoms with E-state index in [-0.39, 0.29) is 23.9 Å². The monoisotopic (exact) mass is 496 g/mol. The number of nitrogens with one attached hydrogen (secondary N) is 1. The van der Waals surface area contributed by atoms with Crippen molar-refractivity contribution in [2.75, 3.05) is 45.5 Å². The molecule has 2 heterocycles. The van der Waals surface area contributed by atoms with Crippen LogP contribution in [0.2, 0.25) is 0 Å². The van der Waals surface area contributed by atoms with Gasteiger partial charge in [0.2, 0.25) is 15.9 Å². The summed E-state index contributed by atoms with van der Waals surface area (Å²) in [5.74, 6) is -0.260. The number of amides is 1. The van der Waals surface area contributed by atoms with Crippen molar-refractivity contribution in [3.05, 3.63) is 29.1 Å². The van der Waals surface area contributed by atoms with Gasteiger partial charge in [-0.05, 0) is 49.6 Å². The van der Waals surface area contributed by atoms with Crippen molar-refractivity contribution in [2.45, 2.75) is 19.8 Å². The number of carbonyl (C=O) groups excluding carboxylic acids is 2. The van der Waals surface area contributed by atoms with Gasteiger partial charge in [-0.15, -0.1) is 11.3 Å². The molecular formula is C22H28N2O7S2. The number of ether oxygens (including phenoxy) is 3. The standard InChI is InChI=1S/C22H28N2O7S2/c1-5-31-22(26)20-16(23-21(25)15-7-6-10-24(13-15)33(4,27)28)12-19(32-20)14-8-9-17(29-2)18(11-14)30-3/h8-9,11-12,15H,5-7,10,13H2,1-4H3,(H,23,25). The number of nitrogens with zero attached hydrogens (tertiary/aromatic N) is 1. The number of piperidine rings is 1. The number of anilines is 1. The zero-order valence-electron chi connectivity index (χ0n) is 19.0. The van der Waals surface area contributed by atoms with Crippen LogP contribution in [0.25, 0.3) is 10.4 Å². The molecule has 2 aromatic rings. The third kappa shape index (κ3) is 5.84. The number of hydrogen-bond donors (Lipinski definition) is 1. The Hall–Kier alpha value is -2.63. The van der Waals surface area contributed by atoms with Gasteiger partial charge in [0.25, 0.3) is 0 Å². The van der Waals surface area contributed by atoms with E-state index >= 15 is 0 Å². The van der Waals surface area contributed by atoms with Crippen molar-refractivity contribution in [3.63, 3.8) is 0 Å². The smallest absolute Gasteiger partial charge is 0.350 e. The number of thiophene rings is 1. The first-order chi connectivity index (χ1) is 15.7. The second kappa shape index (κ2) is 10.5. The Bertz CT molecular complexity index is 1130. The Morgan fingerprint density at radius 2 is 1.91 bits per heavy atom. The number of sulfonamides is 1. The molecule has 180 valence electrons. The van der Waals surface area contributed by atoms with E-state index in [2.05, 4.69) is 5.32 Å². The molecule has 1 unspecified atom stereocenters. The first kappa shape index (κ1) is 25.0. The molecule has 0 saturated carbocycles. The molecule has 1 fully saturated rings. The SMILES string of the molecule is CCOC(=O)c1sc(-c2ccc(OC)c(OC)c2)cc1NC(=O)C1CCCN(S(C)(=O)=O)C1.